The van der Waals surface area contributed by atoms with E-state index in [-0.39, 0.29) is 12.4 Å². The highest BCUT2D eigenvalue weighted by Crippen LogP contribution is 2.33. The number of rotatable bonds is 4. The van der Waals surface area contributed by atoms with Crippen LogP contribution in [0.25, 0.3) is 0 Å². The highest BCUT2D eigenvalue weighted by atomic mass is 19.1. The molecule has 0 aliphatic carbocycles. The zero-order valence-corrected chi connectivity index (χ0v) is 12.0. The molecule has 1 aliphatic rings. The van der Waals surface area contributed by atoms with Crippen LogP contribution in [0.1, 0.15) is 35.6 Å². The zero-order valence-electron chi connectivity index (χ0n) is 12.0. The van der Waals surface area contributed by atoms with Crippen LogP contribution < -0.4 is 0 Å². The summed E-state index contributed by atoms with van der Waals surface area (Å²) in [5, 5.41) is 9.08. The number of nitrogens with zero attached hydrogens (tertiary/aromatic N) is 1. The minimum Gasteiger partial charge on any atom is -0.392 e. The van der Waals surface area contributed by atoms with Gasteiger partial charge in [0, 0.05) is 12.6 Å². The molecule has 0 radical (unpaired) electrons. The first-order valence-corrected chi connectivity index (χ1v) is 7.44. The molecule has 1 fully saturated rings. The molecule has 0 bridgehead atoms. The average Bonchev–Trinajstić information content (AvgIpc) is 2.97. The van der Waals surface area contributed by atoms with Crippen LogP contribution in [0.15, 0.2) is 48.5 Å². The smallest absolute Gasteiger partial charge is 0.123 e. The first-order chi connectivity index (χ1) is 10.3. The zero-order chi connectivity index (χ0) is 14.7. The van der Waals surface area contributed by atoms with Crippen LogP contribution in [-0.2, 0) is 13.2 Å². The van der Waals surface area contributed by atoms with Crippen molar-refractivity contribution in [3.05, 3.63) is 71.0 Å². The van der Waals surface area contributed by atoms with Gasteiger partial charge in [0.1, 0.15) is 5.82 Å². The maximum atomic E-state index is 13.1. The van der Waals surface area contributed by atoms with E-state index in [9.17, 15) is 4.39 Å². The van der Waals surface area contributed by atoms with Gasteiger partial charge in [0.2, 0.25) is 0 Å². The van der Waals surface area contributed by atoms with Crippen molar-refractivity contribution in [3.63, 3.8) is 0 Å². The third-order valence-corrected chi connectivity index (χ3v) is 4.21. The van der Waals surface area contributed by atoms with E-state index in [2.05, 4.69) is 17.0 Å². The van der Waals surface area contributed by atoms with Crippen molar-refractivity contribution < 1.29 is 9.50 Å². The first kappa shape index (κ1) is 14.2. The van der Waals surface area contributed by atoms with Gasteiger partial charge < -0.3 is 5.11 Å². The molecule has 110 valence electrons. The monoisotopic (exact) mass is 285 g/mol. The second-order valence-corrected chi connectivity index (χ2v) is 5.65. The summed E-state index contributed by atoms with van der Waals surface area (Å²) in [5.74, 6) is -0.178. The molecule has 2 aromatic carbocycles. The Bertz CT molecular complexity index is 579. The van der Waals surface area contributed by atoms with Gasteiger partial charge in [-0.15, -0.1) is 0 Å². The van der Waals surface area contributed by atoms with Crippen molar-refractivity contribution in [1.82, 2.24) is 4.90 Å². The lowest BCUT2D eigenvalue weighted by molar-refractivity contribution is 0.248. The Hall–Kier alpha value is -1.71. The largest absolute Gasteiger partial charge is 0.392 e. The topological polar surface area (TPSA) is 23.5 Å². The molecule has 0 amide bonds. The van der Waals surface area contributed by atoms with Gasteiger partial charge in [-0.25, -0.2) is 4.39 Å². The van der Waals surface area contributed by atoms with E-state index in [1.54, 1.807) is 12.1 Å². The number of benzene rings is 2. The van der Waals surface area contributed by atoms with Crippen LogP contribution >= 0.6 is 0 Å². The van der Waals surface area contributed by atoms with E-state index in [1.165, 1.54) is 17.5 Å². The molecule has 1 unspecified atom stereocenters. The van der Waals surface area contributed by atoms with Gasteiger partial charge in [0.25, 0.3) is 0 Å². The van der Waals surface area contributed by atoms with Gasteiger partial charge in [-0.3, -0.25) is 4.90 Å². The van der Waals surface area contributed by atoms with E-state index in [0.717, 1.165) is 25.1 Å². The van der Waals surface area contributed by atoms with Gasteiger partial charge >= 0.3 is 0 Å². The van der Waals surface area contributed by atoms with Crippen molar-refractivity contribution in [2.24, 2.45) is 0 Å². The Morgan fingerprint density at radius 2 is 1.67 bits per heavy atom. The summed E-state index contributed by atoms with van der Waals surface area (Å²) in [6.07, 6.45) is 2.30. The van der Waals surface area contributed by atoms with Crippen LogP contribution in [0.3, 0.4) is 0 Å². The Morgan fingerprint density at radius 1 is 1.00 bits per heavy atom. The van der Waals surface area contributed by atoms with Gasteiger partial charge in [-0.2, -0.15) is 0 Å². The van der Waals surface area contributed by atoms with E-state index in [4.69, 9.17) is 5.11 Å². The lowest BCUT2D eigenvalue weighted by Gasteiger charge is -2.25. The van der Waals surface area contributed by atoms with Crippen LogP contribution in [0.5, 0.6) is 0 Å². The van der Waals surface area contributed by atoms with Gasteiger partial charge in [-0.1, -0.05) is 36.4 Å². The van der Waals surface area contributed by atoms with Crippen molar-refractivity contribution in [2.45, 2.75) is 32.0 Å². The van der Waals surface area contributed by atoms with E-state index >= 15 is 0 Å². The number of hydrogen-bond acceptors (Lipinski definition) is 2. The summed E-state index contributed by atoms with van der Waals surface area (Å²) in [4.78, 5) is 2.45. The molecule has 1 aliphatic heterocycles. The Balaban J connectivity index is 1.72. The molecule has 0 aromatic heterocycles. The van der Waals surface area contributed by atoms with Crippen LogP contribution in [0, 0.1) is 5.82 Å². The van der Waals surface area contributed by atoms with Crippen LogP contribution in [-0.4, -0.2) is 16.6 Å². The van der Waals surface area contributed by atoms with Gasteiger partial charge in [-0.05, 0) is 48.2 Å². The molecule has 1 atom stereocenters. The molecule has 1 saturated heterocycles. The highest BCUT2D eigenvalue weighted by Gasteiger charge is 2.25. The molecular formula is C18H20FNO. The minimum absolute atomic E-state index is 0.0855. The van der Waals surface area contributed by atoms with Gasteiger partial charge in [0.15, 0.2) is 0 Å². The van der Waals surface area contributed by atoms with Crippen molar-refractivity contribution in [1.29, 1.82) is 0 Å². The lowest BCUT2D eigenvalue weighted by atomic mass is 10.0. The third-order valence-electron chi connectivity index (χ3n) is 4.21. The van der Waals surface area contributed by atoms with Crippen molar-refractivity contribution >= 4 is 0 Å². The molecule has 1 N–H and O–H groups in total. The van der Waals surface area contributed by atoms with Crippen molar-refractivity contribution in [2.75, 3.05) is 6.54 Å². The predicted molar refractivity (Wildman–Crippen MR) is 81.1 cm³/mol. The lowest BCUT2D eigenvalue weighted by Crippen LogP contribution is -2.22. The minimum atomic E-state index is -0.178. The summed E-state index contributed by atoms with van der Waals surface area (Å²) in [6.45, 7) is 2.06. The quantitative estimate of drug-likeness (QED) is 0.926. The number of likely N-dealkylation sites (tertiary alicyclic amines) is 1. The maximum Gasteiger partial charge on any atom is 0.123 e. The molecule has 2 aromatic rings. The molecule has 3 rings (SSSR count). The molecule has 0 saturated carbocycles. The Labute approximate surface area is 124 Å². The summed E-state index contributed by atoms with van der Waals surface area (Å²) >= 11 is 0. The SMILES string of the molecule is OCc1ccc(CN2CCCC2c2ccc(F)cc2)cc1. The highest BCUT2D eigenvalue weighted by molar-refractivity contribution is 5.24. The van der Waals surface area contributed by atoms with Crippen LogP contribution in [0.2, 0.25) is 0 Å². The molecule has 0 spiro atoms. The molecule has 1 heterocycles. The Kier molecular flexibility index (Phi) is 4.32. The summed E-state index contributed by atoms with van der Waals surface area (Å²) in [5.41, 5.74) is 3.39. The number of halogens is 1. The second-order valence-electron chi connectivity index (χ2n) is 5.65. The van der Waals surface area contributed by atoms with Crippen LogP contribution in [0.4, 0.5) is 4.39 Å². The van der Waals surface area contributed by atoms with Crippen molar-refractivity contribution in [3.8, 4) is 0 Å². The fourth-order valence-electron chi connectivity index (χ4n) is 3.06. The molecule has 2 nitrogen and oxygen atoms in total. The standard InChI is InChI=1S/C18H20FNO/c19-17-9-7-16(8-10-17)18-2-1-11-20(18)12-14-3-5-15(13-21)6-4-14/h3-10,18,21H,1-2,11-13H2. The normalized spacial score (nSPS) is 19.0. The summed E-state index contributed by atoms with van der Waals surface area (Å²) in [7, 11) is 0. The Morgan fingerprint density at radius 3 is 2.33 bits per heavy atom. The van der Waals surface area contributed by atoms with E-state index in [0.29, 0.717) is 6.04 Å². The number of aliphatic hydroxyl groups is 1. The van der Waals surface area contributed by atoms with Gasteiger partial charge in [0.05, 0.1) is 6.61 Å². The summed E-state index contributed by atoms with van der Waals surface area (Å²) < 4.78 is 13.1. The third kappa shape index (κ3) is 3.31. The molecular weight excluding hydrogens is 265 g/mol. The first-order valence-electron chi connectivity index (χ1n) is 7.44. The number of hydrogen-bond donors (Lipinski definition) is 1. The fraction of sp³-hybridized carbons (Fsp3) is 0.333. The average molecular weight is 285 g/mol. The van der Waals surface area contributed by atoms with E-state index < -0.39 is 0 Å². The predicted octanol–water partition coefficient (Wildman–Crippen LogP) is 3.66. The van der Waals surface area contributed by atoms with E-state index in [1.807, 2.05) is 24.3 Å². The molecule has 21 heavy (non-hydrogen) atoms. The second kappa shape index (κ2) is 6.37. The molecule has 3 heteroatoms. The summed E-state index contributed by atoms with van der Waals surface area (Å²) in [6, 6.07) is 15.3. The maximum absolute atomic E-state index is 13.1. The number of aliphatic hydroxyl groups excluding tert-OH is 1. The fourth-order valence-corrected chi connectivity index (χ4v) is 3.06.